The van der Waals surface area contributed by atoms with Gasteiger partial charge in [-0.3, -0.25) is 9.36 Å². The van der Waals surface area contributed by atoms with Gasteiger partial charge in [-0.15, -0.1) is 0 Å². The molecule has 0 saturated carbocycles. The molecule has 0 bridgehead atoms. The van der Waals surface area contributed by atoms with E-state index < -0.39 is 26.6 Å². The number of rotatable bonds is 35. The van der Waals surface area contributed by atoms with E-state index >= 15 is 0 Å². The lowest BCUT2D eigenvalue weighted by Gasteiger charge is -2.29. The molecule has 0 saturated heterocycles. The molecule has 0 radical (unpaired) electrons. The molecule has 1 amide bonds. The predicted molar refractivity (Wildman–Crippen MR) is 214 cm³/mol. The zero-order valence-corrected chi connectivity index (χ0v) is 34.2. The summed E-state index contributed by atoms with van der Waals surface area (Å²) in [5.41, 5.74) is 0. The van der Waals surface area contributed by atoms with E-state index in [-0.39, 0.29) is 12.5 Å². The van der Waals surface area contributed by atoms with Gasteiger partial charge in [0.15, 0.2) is 0 Å². The number of nitrogens with zero attached hydrogens (tertiary/aromatic N) is 1. The molecule has 51 heavy (non-hydrogen) atoms. The van der Waals surface area contributed by atoms with Gasteiger partial charge in [-0.05, 0) is 77.0 Å². The summed E-state index contributed by atoms with van der Waals surface area (Å²) in [6, 6.07) is -0.916. The topological polar surface area (TPSA) is 108 Å². The Balaban J connectivity index is 4.60. The Kier molecular flexibility index (Phi) is 32.8. The van der Waals surface area contributed by atoms with Crippen LogP contribution in [-0.2, 0) is 18.4 Å². The summed E-state index contributed by atoms with van der Waals surface area (Å²) in [5.74, 6) is -0.230. The highest BCUT2D eigenvalue weighted by Crippen LogP contribution is 2.38. The van der Waals surface area contributed by atoms with E-state index in [0.717, 1.165) is 77.0 Å². The van der Waals surface area contributed by atoms with Crippen LogP contribution >= 0.6 is 7.82 Å². The molecule has 0 aromatic carbocycles. The molecule has 8 nitrogen and oxygen atoms in total. The molecule has 0 fully saturated rings. The first-order valence-electron chi connectivity index (χ1n) is 20.2. The largest absolute Gasteiger partial charge is 0.756 e. The summed E-state index contributed by atoms with van der Waals surface area (Å²) in [7, 11) is 1.21. The van der Waals surface area contributed by atoms with E-state index in [1.54, 1.807) is 6.08 Å². The number of phosphoric ester groups is 1. The van der Waals surface area contributed by atoms with Crippen LogP contribution in [0.4, 0.5) is 0 Å². The molecule has 0 rings (SSSR count). The van der Waals surface area contributed by atoms with Crippen LogP contribution in [0.1, 0.15) is 149 Å². The molecule has 0 spiro atoms. The average molecular weight is 737 g/mol. The van der Waals surface area contributed by atoms with Crippen molar-refractivity contribution in [1.29, 1.82) is 0 Å². The van der Waals surface area contributed by atoms with Gasteiger partial charge in [0, 0.05) is 6.42 Å². The van der Waals surface area contributed by atoms with Gasteiger partial charge in [0.25, 0.3) is 7.82 Å². The maximum absolute atomic E-state index is 12.8. The number of carbonyl (C=O) groups is 1. The molecule has 2 N–H and O–H groups in total. The van der Waals surface area contributed by atoms with Crippen LogP contribution in [0.3, 0.4) is 0 Å². The molecule has 3 unspecified atom stereocenters. The molecule has 0 aliphatic heterocycles. The molecular formula is C42H77N2O6P. The Hall–Kier alpha value is -1.80. The van der Waals surface area contributed by atoms with Crippen molar-refractivity contribution >= 4 is 13.7 Å². The SMILES string of the molecule is CCCCC/C=C/CC/C=C/CC/C=C/C(O)C(COP(=O)([O-])OCC[N+](C)(C)C)NC(=O)CCCCCCC/C=C\C/C=C\CCCCCC. The summed E-state index contributed by atoms with van der Waals surface area (Å²) in [5, 5.41) is 13.7. The van der Waals surface area contributed by atoms with E-state index in [9.17, 15) is 19.4 Å². The van der Waals surface area contributed by atoms with Gasteiger partial charge in [0.2, 0.25) is 5.91 Å². The Morgan fingerprint density at radius 2 is 1.16 bits per heavy atom. The monoisotopic (exact) mass is 737 g/mol. The lowest BCUT2D eigenvalue weighted by molar-refractivity contribution is -0.870. The molecule has 0 heterocycles. The summed E-state index contributed by atoms with van der Waals surface area (Å²) in [6.45, 7) is 4.52. The number of nitrogens with one attached hydrogen (secondary N) is 1. The van der Waals surface area contributed by atoms with Gasteiger partial charge >= 0.3 is 0 Å². The zero-order valence-electron chi connectivity index (χ0n) is 33.3. The highest BCUT2D eigenvalue weighted by Gasteiger charge is 2.23. The molecule has 296 valence electrons. The molecular weight excluding hydrogens is 659 g/mol. The number of aliphatic hydroxyl groups is 1. The number of allylic oxidation sites excluding steroid dienone is 9. The Morgan fingerprint density at radius 3 is 1.75 bits per heavy atom. The van der Waals surface area contributed by atoms with Gasteiger partial charge in [-0.1, -0.05) is 126 Å². The van der Waals surface area contributed by atoms with Crippen LogP contribution in [0, 0.1) is 0 Å². The van der Waals surface area contributed by atoms with Gasteiger partial charge in [0.05, 0.1) is 39.9 Å². The normalized spacial score (nSPS) is 15.2. The van der Waals surface area contributed by atoms with Crippen molar-refractivity contribution in [3.63, 3.8) is 0 Å². The van der Waals surface area contributed by atoms with Crippen LogP contribution in [0.5, 0.6) is 0 Å². The van der Waals surface area contributed by atoms with Crippen molar-refractivity contribution in [3.8, 4) is 0 Å². The van der Waals surface area contributed by atoms with Crippen molar-refractivity contribution in [2.24, 2.45) is 0 Å². The van der Waals surface area contributed by atoms with Crippen LogP contribution in [0.2, 0.25) is 0 Å². The van der Waals surface area contributed by atoms with Gasteiger partial charge in [-0.25, -0.2) is 0 Å². The van der Waals surface area contributed by atoms with Crippen LogP contribution in [0.25, 0.3) is 0 Å². The highest BCUT2D eigenvalue weighted by molar-refractivity contribution is 7.45. The van der Waals surface area contributed by atoms with E-state index in [0.29, 0.717) is 17.4 Å². The van der Waals surface area contributed by atoms with E-state index in [1.807, 2.05) is 27.2 Å². The number of hydrogen-bond donors (Lipinski definition) is 2. The van der Waals surface area contributed by atoms with Crippen molar-refractivity contribution in [3.05, 3.63) is 60.8 Å². The van der Waals surface area contributed by atoms with Gasteiger partial charge in [-0.2, -0.15) is 0 Å². The van der Waals surface area contributed by atoms with Crippen LogP contribution < -0.4 is 10.2 Å². The van der Waals surface area contributed by atoms with Crippen molar-refractivity contribution in [2.45, 2.75) is 161 Å². The lowest BCUT2D eigenvalue weighted by Crippen LogP contribution is -2.45. The molecule has 0 aliphatic carbocycles. The minimum absolute atomic E-state index is 0.0145. The number of hydrogen-bond acceptors (Lipinski definition) is 6. The maximum atomic E-state index is 12.8. The molecule has 3 atom stereocenters. The third kappa shape index (κ3) is 36.4. The number of amides is 1. The first-order valence-corrected chi connectivity index (χ1v) is 21.6. The van der Waals surface area contributed by atoms with E-state index in [4.69, 9.17) is 9.05 Å². The highest BCUT2D eigenvalue weighted by atomic mass is 31.2. The fraction of sp³-hybridized carbons (Fsp3) is 0.738. The maximum Gasteiger partial charge on any atom is 0.268 e. The fourth-order valence-corrected chi connectivity index (χ4v) is 5.87. The fourth-order valence-electron chi connectivity index (χ4n) is 5.15. The second kappa shape index (κ2) is 34.0. The summed E-state index contributed by atoms with van der Waals surface area (Å²) in [4.78, 5) is 25.2. The predicted octanol–water partition coefficient (Wildman–Crippen LogP) is 10.1. The molecule has 9 heteroatoms. The van der Waals surface area contributed by atoms with E-state index in [1.165, 1.54) is 51.4 Å². The zero-order chi connectivity index (χ0) is 37.9. The smallest absolute Gasteiger partial charge is 0.268 e. The standard InChI is InChI=1S/C42H77N2O6P/c1-6-8-10-12-14-16-18-20-21-22-24-26-28-30-32-34-36-42(46)43-40(39-50-51(47,48)49-38-37-44(3,4)5)41(45)35-33-31-29-27-25-23-19-17-15-13-11-9-7-2/h15-18,21-22,25,27,33,35,40-41,45H,6-14,19-20,23-24,26,28-32,34,36-39H2,1-5H3,(H-,43,46,47,48)/b17-15+,18-16-,22-21-,27-25+,35-33+. The number of unbranched alkanes of at least 4 members (excludes halogenated alkanes) is 14. The average Bonchev–Trinajstić information content (AvgIpc) is 3.07. The Labute approximate surface area is 313 Å². The van der Waals surface area contributed by atoms with E-state index in [2.05, 4.69) is 67.8 Å². The Morgan fingerprint density at radius 1 is 0.686 bits per heavy atom. The van der Waals surface area contributed by atoms with Gasteiger partial charge < -0.3 is 28.8 Å². The second-order valence-electron chi connectivity index (χ2n) is 14.6. The van der Waals surface area contributed by atoms with Crippen molar-refractivity contribution < 1.29 is 32.9 Å². The number of carbonyl (C=O) groups excluding carboxylic acids is 1. The molecule has 0 aromatic rings. The second-order valence-corrected chi connectivity index (χ2v) is 16.0. The first-order chi connectivity index (χ1) is 24.5. The summed E-state index contributed by atoms with van der Waals surface area (Å²) < 4.78 is 23.1. The van der Waals surface area contributed by atoms with Crippen molar-refractivity contribution in [1.82, 2.24) is 5.32 Å². The third-order valence-corrected chi connectivity index (χ3v) is 9.39. The quantitative estimate of drug-likeness (QED) is 0.0290. The first kappa shape index (κ1) is 49.2. The van der Waals surface area contributed by atoms with Gasteiger partial charge in [0.1, 0.15) is 13.2 Å². The summed E-state index contributed by atoms with van der Waals surface area (Å²) in [6.07, 6.45) is 42.6. The summed E-state index contributed by atoms with van der Waals surface area (Å²) >= 11 is 0. The van der Waals surface area contributed by atoms with Crippen molar-refractivity contribution in [2.75, 3.05) is 40.9 Å². The van der Waals surface area contributed by atoms with Crippen LogP contribution in [0.15, 0.2) is 60.8 Å². The molecule has 0 aromatic heterocycles. The molecule has 0 aliphatic rings. The minimum Gasteiger partial charge on any atom is -0.756 e. The number of likely N-dealkylation sites (N-methyl/N-ethyl adjacent to an activating group) is 1. The minimum atomic E-state index is -4.60. The number of quaternary nitrogens is 1. The Bertz CT molecular complexity index is 1020. The number of phosphoric acid groups is 1. The lowest BCUT2D eigenvalue weighted by atomic mass is 10.1. The number of aliphatic hydroxyl groups excluding tert-OH is 1. The third-order valence-electron chi connectivity index (χ3n) is 8.43. The van der Waals surface area contributed by atoms with Crippen LogP contribution in [-0.4, -0.2) is 68.5 Å².